The molecule has 12 heavy (non-hydrogen) atoms. The Hall–Kier alpha value is -0.640. The minimum atomic E-state index is 0.601. The van der Waals surface area contributed by atoms with Gasteiger partial charge in [0, 0.05) is 19.1 Å². The quantitative estimate of drug-likeness (QED) is 0.562. The van der Waals surface area contributed by atoms with Gasteiger partial charge in [0.1, 0.15) is 4.87 Å². The predicted molar refractivity (Wildman–Crippen MR) is 47.8 cm³/mol. The van der Waals surface area contributed by atoms with E-state index in [2.05, 4.69) is 18.7 Å². The molecule has 0 atom stereocenters. The molecule has 0 radical (unpaired) electrons. The minimum absolute atomic E-state index is 0.601. The van der Waals surface area contributed by atoms with Crippen LogP contribution in [0.4, 0.5) is 0 Å². The molecule has 70 valence electrons. The van der Waals surface area contributed by atoms with E-state index in [0.717, 1.165) is 31.0 Å². The Bertz CT molecular complexity index is 162. The molecule has 0 unspecified atom stereocenters. The number of piperazine rings is 1. The summed E-state index contributed by atoms with van der Waals surface area (Å²) in [5.41, 5.74) is 0. The highest BCUT2D eigenvalue weighted by Crippen LogP contribution is 2.04. The fourth-order valence-electron chi connectivity index (χ4n) is 1.51. The van der Waals surface area contributed by atoms with Gasteiger partial charge in [0.2, 0.25) is 7.05 Å². The average molecular weight is 172 g/mol. The van der Waals surface area contributed by atoms with Crippen LogP contribution in [0.5, 0.6) is 0 Å². The third kappa shape index (κ3) is 2.17. The number of nitroso groups, excluding NO2 is 1. The number of rotatable bonds is 2. The summed E-state index contributed by atoms with van der Waals surface area (Å²) in [6.45, 7) is 8.11. The zero-order valence-electron chi connectivity index (χ0n) is 8.16. The van der Waals surface area contributed by atoms with Gasteiger partial charge in [0.15, 0.2) is 0 Å². The summed E-state index contributed by atoms with van der Waals surface area (Å²) in [5.74, 6) is 0. The van der Waals surface area contributed by atoms with Gasteiger partial charge in [-0.2, -0.15) is 0 Å². The van der Waals surface area contributed by atoms with Gasteiger partial charge in [-0.3, -0.25) is 4.90 Å². The number of hydrogen-bond donors (Lipinski definition) is 0. The predicted octanol–water partition coefficient (Wildman–Crippen LogP) is 0.336. The van der Waals surface area contributed by atoms with Crippen LogP contribution in [0, 0.1) is 4.91 Å². The first kappa shape index (κ1) is 9.45. The highest BCUT2D eigenvalue weighted by atomic mass is 16.3. The zero-order valence-corrected chi connectivity index (χ0v) is 8.16. The second-order valence-corrected chi connectivity index (χ2v) is 3.55. The van der Waals surface area contributed by atoms with Crippen molar-refractivity contribution in [3.8, 4) is 0 Å². The molecule has 1 aliphatic rings. The molecule has 0 aromatic carbocycles. The van der Waals surface area contributed by atoms with E-state index in [4.69, 9.17) is 0 Å². The molecule has 1 aliphatic heterocycles. The van der Waals surface area contributed by atoms with Crippen molar-refractivity contribution in [2.75, 3.05) is 33.2 Å². The SMILES string of the molecule is CC(C)N1CCN([N+](C)=O)CC1. The van der Waals surface area contributed by atoms with Gasteiger partial charge >= 0.3 is 0 Å². The largest absolute Gasteiger partial charge is 0.297 e. The molecule has 0 amide bonds. The highest BCUT2D eigenvalue weighted by Gasteiger charge is 2.23. The summed E-state index contributed by atoms with van der Waals surface area (Å²) in [6.07, 6.45) is 0. The zero-order chi connectivity index (χ0) is 9.14. The fraction of sp³-hybridized carbons (Fsp3) is 1.00. The number of nitrogens with zero attached hydrogens (tertiary/aromatic N) is 3. The molecular formula is C8H18N3O+. The Kier molecular flexibility index (Phi) is 3.03. The lowest BCUT2D eigenvalue weighted by atomic mass is 10.2. The third-order valence-corrected chi connectivity index (χ3v) is 2.42. The summed E-state index contributed by atoms with van der Waals surface area (Å²) in [7, 11) is 1.56. The second-order valence-electron chi connectivity index (χ2n) is 3.55. The van der Waals surface area contributed by atoms with Gasteiger partial charge in [0.25, 0.3) is 0 Å². The third-order valence-electron chi connectivity index (χ3n) is 2.42. The smallest absolute Gasteiger partial charge is 0.216 e. The first-order valence-electron chi connectivity index (χ1n) is 4.51. The van der Waals surface area contributed by atoms with E-state index < -0.39 is 0 Å². The molecule has 1 rings (SSSR count). The van der Waals surface area contributed by atoms with Crippen LogP contribution in [0.1, 0.15) is 13.8 Å². The lowest BCUT2D eigenvalue weighted by Gasteiger charge is -2.32. The second kappa shape index (κ2) is 3.85. The van der Waals surface area contributed by atoms with Crippen LogP contribution in [0.15, 0.2) is 0 Å². The Morgan fingerprint density at radius 2 is 1.67 bits per heavy atom. The van der Waals surface area contributed by atoms with Crippen LogP contribution >= 0.6 is 0 Å². The molecule has 0 bridgehead atoms. The van der Waals surface area contributed by atoms with Crippen molar-refractivity contribution >= 4 is 0 Å². The Balaban J connectivity index is 2.34. The molecule has 4 heteroatoms. The van der Waals surface area contributed by atoms with E-state index in [0.29, 0.717) is 6.04 Å². The fourth-order valence-corrected chi connectivity index (χ4v) is 1.51. The van der Waals surface area contributed by atoms with Crippen molar-refractivity contribution in [1.82, 2.24) is 9.91 Å². The molecule has 0 aromatic rings. The van der Waals surface area contributed by atoms with Crippen molar-refractivity contribution in [3.63, 3.8) is 0 Å². The van der Waals surface area contributed by atoms with E-state index in [1.54, 1.807) is 7.05 Å². The van der Waals surface area contributed by atoms with Gasteiger partial charge < -0.3 is 0 Å². The van der Waals surface area contributed by atoms with Crippen LogP contribution in [-0.4, -0.2) is 54.0 Å². The van der Waals surface area contributed by atoms with Crippen LogP contribution in [0.25, 0.3) is 0 Å². The molecular weight excluding hydrogens is 154 g/mol. The van der Waals surface area contributed by atoms with Gasteiger partial charge in [0.05, 0.1) is 18.0 Å². The maximum atomic E-state index is 10.9. The minimum Gasteiger partial charge on any atom is -0.297 e. The summed E-state index contributed by atoms with van der Waals surface area (Å²) in [4.78, 5) is 14.2. The summed E-state index contributed by atoms with van der Waals surface area (Å²) >= 11 is 0. The summed E-state index contributed by atoms with van der Waals surface area (Å²) in [6, 6.07) is 0.601. The molecule has 1 fully saturated rings. The molecule has 0 spiro atoms. The molecule has 0 N–H and O–H groups in total. The van der Waals surface area contributed by atoms with Gasteiger partial charge in [-0.05, 0) is 13.8 Å². The molecule has 0 aromatic heterocycles. The molecule has 1 saturated heterocycles. The lowest BCUT2D eigenvalue weighted by Crippen LogP contribution is -2.50. The highest BCUT2D eigenvalue weighted by molar-refractivity contribution is 4.69. The number of hydrogen-bond acceptors (Lipinski definition) is 2. The van der Waals surface area contributed by atoms with Crippen molar-refractivity contribution in [3.05, 3.63) is 4.91 Å². The normalized spacial score (nSPS) is 20.2. The topological polar surface area (TPSA) is 26.6 Å². The van der Waals surface area contributed by atoms with Crippen molar-refractivity contribution in [1.29, 1.82) is 0 Å². The van der Waals surface area contributed by atoms with Crippen LogP contribution < -0.4 is 0 Å². The van der Waals surface area contributed by atoms with E-state index in [-0.39, 0.29) is 0 Å². The maximum Gasteiger partial charge on any atom is 0.216 e. The van der Waals surface area contributed by atoms with Crippen molar-refractivity contribution in [2.24, 2.45) is 0 Å². The number of hydrazine groups is 1. The molecule has 4 nitrogen and oxygen atoms in total. The van der Waals surface area contributed by atoms with Crippen molar-refractivity contribution < 1.29 is 4.87 Å². The summed E-state index contributed by atoms with van der Waals surface area (Å²) < 4.78 is 0. The monoisotopic (exact) mass is 172 g/mol. The Morgan fingerprint density at radius 1 is 1.17 bits per heavy atom. The average Bonchev–Trinajstić information content (AvgIpc) is 2.04. The van der Waals surface area contributed by atoms with E-state index in [1.165, 1.54) is 0 Å². The lowest BCUT2D eigenvalue weighted by molar-refractivity contribution is -0.687. The molecule has 0 aliphatic carbocycles. The van der Waals surface area contributed by atoms with Gasteiger partial charge in [-0.1, -0.05) is 0 Å². The van der Waals surface area contributed by atoms with Crippen LogP contribution in [0.2, 0.25) is 0 Å². The first-order valence-corrected chi connectivity index (χ1v) is 4.51. The summed E-state index contributed by atoms with van der Waals surface area (Å²) in [5, 5.41) is 1.83. The van der Waals surface area contributed by atoms with E-state index in [9.17, 15) is 4.91 Å². The molecule has 1 heterocycles. The van der Waals surface area contributed by atoms with Crippen LogP contribution in [-0.2, 0) is 0 Å². The standard InChI is InChI=1S/C8H18N3O/c1-8(2)10-4-6-11(7-5-10)9(3)12/h8H,4-7H2,1-3H3/q+1. The molecule has 0 saturated carbocycles. The Morgan fingerprint density at radius 3 is 2.00 bits per heavy atom. The van der Waals surface area contributed by atoms with Crippen LogP contribution in [0.3, 0.4) is 0 Å². The maximum absolute atomic E-state index is 10.9. The van der Waals surface area contributed by atoms with E-state index >= 15 is 0 Å². The van der Waals surface area contributed by atoms with Crippen molar-refractivity contribution in [2.45, 2.75) is 19.9 Å². The van der Waals surface area contributed by atoms with E-state index in [1.807, 2.05) is 5.01 Å². The van der Waals surface area contributed by atoms with Gasteiger partial charge in [-0.25, -0.2) is 0 Å². The first-order chi connectivity index (χ1) is 5.61. The van der Waals surface area contributed by atoms with Gasteiger partial charge in [-0.15, -0.1) is 5.01 Å². The Labute approximate surface area is 73.7 Å².